The van der Waals surface area contributed by atoms with Gasteiger partial charge in [0, 0.05) is 32.6 Å². The van der Waals surface area contributed by atoms with Crippen LogP contribution in [0.1, 0.15) is 10.7 Å². The van der Waals surface area contributed by atoms with Crippen molar-refractivity contribution in [1.82, 2.24) is 20.2 Å². The summed E-state index contributed by atoms with van der Waals surface area (Å²) < 4.78 is 1.20. The molecule has 0 aliphatic rings. The van der Waals surface area contributed by atoms with Gasteiger partial charge in [0.25, 0.3) is 0 Å². The fraction of sp³-hybridized carbons (Fsp3) is 0.353. The third-order valence-corrected chi connectivity index (χ3v) is 5.43. The highest BCUT2D eigenvalue weighted by Gasteiger charge is 2.08. The van der Waals surface area contributed by atoms with E-state index in [9.17, 15) is 0 Å². The van der Waals surface area contributed by atoms with Crippen LogP contribution in [0.3, 0.4) is 0 Å². The second-order valence-corrected chi connectivity index (χ2v) is 7.69. The first-order valence-electron chi connectivity index (χ1n) is 8.08. The maximum atomic E-state index is 4.57. The molecule has 2 N–H and O–H groups in total. The molecule has 3 aromatic rings. The van der Waals surface area contributed by atoms with Crippen LogP contribution < -0.4 is 10.6 Å². The Hall–Kier alpha value is -1.46. The Labute approximate surface area is 178 Å². The van der Waals surface area contributed by atoms with Crippen LogP contribution in [-0.4, -0.2) is 48.0 Å². The van der Waals surface area contributed by atoms with E-state index in [1.54, 1.807) is 29.7 Å². The number of thiazole rings is 2. The zero-order valence-electron chi connectivity index (χ0n) is 15.0. The van der Waals surface area contributed by atoms with E-state index in [2.05, 4.69) is 41.9 Å². The average molecular weight is 502 g/mol. The smallest absolute Gasteiger partial charge is 0.193 e. The molecule has 0 saturated heterocycles. The molecule has 0 bridgehead atoms. The number of rotatable bonds is 6. The van der Waals surface area contributed by atoms with Crippen LogP contribution in [0.15, 0.2) is 34.6 Å². The summed E-state index contributed by atoms with van der Waals surface area (Å²) in [5.41, 5.74) is 2.11. The highest BCUT2D eigenvalue weighted by molar-refractivity contribution is 14.0. The predicted octanol–water partition coefficient (Wildman–Crippen LogP) is 3.80. The molecule has 0 radical (unpaired) electrons. The lowest BCUT2D eigenvalue weighted by atomic mass is 10.3. The van der Waals surface area contributed by atoms with E-state index in [4.69, 9.17) is 0 Å². The Bertz CT molecular complexity index is 827. The number of guanidine groups is 1. The molecular weight excluding hydrogens is 479 g/mol. The summed E-state index contributed by atoms with van der Waals surface area (Å²) in [6.07, 6.45) is 0. The Kier molecular flexibility index (Phi) is 8.04. The number of aromatic nitrogens is 2. The Balaban J connectivity index is 0.00000243. The number of anilines is 1. The summed E-state index contributed by atoms with van der Waals surface area (Å²) in [6.45, 7) is 4.32. The van der Waals surface area contributed by atoms with Gasteiger partial charge in [-0.2, -0.15) is 0 Å². The van der Waals surface area contributed by atoms with Crippen molar-refractivity contribution in [1.29, 1.82) is 0 Å². The van der Waals surface area contributed by atoms with E-state index in [0.29, 0.717) is 0 Å². The maximum absolute atomic E-state index is 4.57. The minimum atomic E-state index is 0. The van der Waals surface area contributed by atoms with Gasteiger partial charge in [-0.05, 0) is 19.1 Å². The van der Waals surface area contributed by atoms with Crippen LogP contribution in [0.5, 0.6) is 0 Å². The topological polar surface area (TPSA) is 65.4 Å². The van der Waals surface area contributed by atoms with E-state index in [1.165, 1.54) is 4.70 Å². The molecule has 1 aromatic carbocycles. The fourth-order valence-electron chi connectivity index (χ4n) is 2.48. The number of para-hydroxylation sites is 1. The van der Waals surface area contributed by atoms with Gasteiger partial charge in [-0.1, -0.05) is 23.5 Å². The SMILES string of the molecule is CN=C(NCCNc1nc2ccccc2s1)N(C)Cc1csc(C)n1.I. The number of halogens is 1. The number of aryl methyl sites for hydroxylation is 1. The second-order valence-electron chi connectivity index (χ2n) is 5.60. The van der Waals surface area contributed by atoms with Crippen molar-refractivity contribution in [3.63, 3.8) is 0 Å². The lowest BCUT2D eigenvalue weighted by molar-refractivity contribution is 0.472. The van der Waals surface area contributed by atoms with Crippen molar-refractivity contribution in [2.75, 3.05) is 32.5 Å². The molecule has 9 heteroatoms. The van der Waals surface area contributed by atoms with E-state index < -0.39 is 0 Å². The molecule has 0 aliphatic heterocycles. The lowest BCUT2D eigenvalue weighted by Crippen LogP contribution is -2.40. The van der Waals surface area contributed by atoms with Gasteiger partial charge in [-0.3, -0.25) is 4.99 Å². The summed E-state index contributed by atoms with van der Waals surface area (Å²) in [7, 11) is 3.82. The molecular formula is C17H23IN6S2. The van der Waals surface area contributed by atoms with Crippen LogP contribution >= 0.6 is 46.7 Å². The molecule has 0 unspecified atom stereocenters. The normalized spacial score (nSPS) is 11.3. The van der Waals surface area contributed by atoms with Gasteiger partial charge in [-0.25, -0.2) is 9.97 Å². The van der Waals surface area contributed by atoms with Gasteiger partial charge in [0.1, 0.15) is 0 Å². The van der Waals surface area contributed by atoms with Crippen molar-refractivity contribution in [3.8, 4) is 0 Å². The number of nitrogens with one attached hydrogen (secondary N) is 2. The van der Waals surface area contributed by atoms with Crippen molar-refractivity contribution in [3.05, 3.63) is 40.3 Å². The zero-order chi connectivity index (χ0) is 17.6. The van der Waals surface area contributed by atoms with Crippen LogP contribution in [0.4, 0.5) is 5.13 Å². The molecule has 0 amide bonds. The summed E-state index contributed by atoms with van der Waals surface area (Å²) in [5, 5.41) is 10.9. The van der Waals surface area contributed by atoms with Crippen LogP contribution in [-0.2, 0) is 6.54 Å². The Morgan fingerprint density at radius 2 is 2.04 bits per heavy atom. The summed E-state index contributed by atoms with van der Waals surface area (Å²) in [6, 6.07) is 8.17. The molecule has 26 heavy (non-hydrogen) atoms. The molecule has 2 aromatic heterocycles. The first-order valence-corrected chi connectivity index (χ1v) is 9.77. The van der Waals surface area contributed by atoms with E-state index in [-0.39, 0.29) is 24.0 Å². The van der Waals surface area contributed by atoms with Gasteiger partial charge in [0.2, 0.25) is 0 Å². The zero-order valence-corrected chi connectivity index (χ0v) is 19.0. The first kappa shape index (κ1) is 20.8. The van der Waals surface area contributed by atoms with Crippen LogP contribution in [0.2, 0.25) is 0 Å². The third-order valence-electron chi connectivity index (χ3n) is 3.62. The number of fused-ring (bicyclic) bond motifs is 1. The summed E-state index contributed by atoms with van der Waals surface area (Å²) in [4.78, 5) is 15.5. The summed E-state index contributed by atoms with van der Waals surface area (Å²) >= 11 is 3.35. The van der Waals surface area contributed by atoms with Gasteiger partial charge >= 0.3 is 0 Å². The third kappa shape index (κ3) is 5.52. The number of nitrogens with zero attached hydrogens (tertiary/aromatic N) is 4. The van der Waals surface area contributed by atoms with Crippen LogP contribution in [0, 0.1) is 6.92 Å². The lowest BCUT2D eigenvalue weighted by Gasteiger charge is -2.21. The summed E-state index contributed by atoms with van der Waals surface area (Å²) in [5.74, 6) is 0.858. The minimum absolute atomic E-state index is 0. The Morgan fingerprint density at radius 3 is 2.73 bits per heavy atom. The van der Waals surface area contributed by atoms with Crippen LogP contribution in [0.25, 0.3) is 10.2 Å². The largest absolute Gasteiger partial charge is 0.360 e. The quantitative estimate of drug-likeness (QED) is 0.232. The second kappa shape index (κ2) is 10.0. The fourth-order valence-corrected chi connectivity index (χ4v) is 3.97. The van der Waals surface area contributed by atoms with Crippen molar-refractivity contribution < 1.29 is 0 Å². The average Bonchev–Trinajstić information content (AvgIpc) is 3.20. The molecule has 0 spiro atoms. The van der Waals surface area contributed by atoms with E-state index in [1.807, 2.05) is 32.2 Å². The molecule has 6 nitrogen and oxygen atoms in total. The highest BCUT2D eigenvalue weighted by atomic mass is 127. The van der Waals surface area contributed by atoms with Gasteiger partial charge < -0.3 is 15.5 Å². The van der Waals surface area contributed by atoms with E-state index >= 15 is 0 Å². The molecule has 3 rings (SSSR count). The molecule has 140 valence electrons. The number of aliphatic imine (C=N–C) groups is 1. The first-order chi connectivity index (χ1) is 12.2. The monoisotopic (exact) mass is 502 g/mol. The Morgan fingerprint density at radius 1 is 1.23 bits per heavy atom. The van der Waals surface area contributed by atoms with Crippen molar-refractivity contribution in [2.45, 2.75) is 13.5 Å². The number of hydrogen-bond acceptors (Lipinski definition) is 6. The molecule has 2 heterocycles. The number of benzene rings is 1. The molecule has 0 aliphatic carbocycles. The van der Waals surface area contributed by atoms with Crippen molar-refractivity contribution >= 4 is 68.0 Å². The molecule has 0 saturated carbocycles. The van der Waals surface area contributed by atoms with E-state index in [0.717, 1.165) is 46.9 Å². The molecule has 0 atom stereocenters. The van der Waals surface area contributed by atoms with Crippen molar-refractivity contribution in [2.24, 2.45) is 4.99 Å². The predicted molar refractivity (Wildman–Crippen MR) is 123 cm³/mol. The van der Waals surface area contributed by atoms with Gasteiger partial charge in [-0.15, -0.1) is 35.3 Å². The van der Waals surface area contributed by atoms with Gasteiger partial charge in [0.05, 0.1) is 27.5 Å². The molecule has 0 fully saturated rings. The maximum Gasteiger partial charge on any atom is 0.193 e. The van der Waals surface area contributed by atoms with Gasteiger partial charge in [0.15, 0.2) is 11.1 Å². The highest BCUT2D eigenvalue weighted by Crippen LogP contribution is 2.24. The standard InChI is InChI=1S/C17H22N6S2.HI/c1-12-21-13(11-24-12)10-23(3)16(18-2)19-8-9-20-17-22-14-6-4-5-7-15(14)25-17;/h4-7,11H,8-10H2,1-3H3,(H,18,19)(H,20,22);1H. The minimum Gasteiger partial charge on any atom is -0.360 e. The number of hydrogen-bond donors (Lipinski definition) is 2.